The SMILES string of the molecule is CC(=O)O[C@@H]1CC[C@@]2(C)[C@H](CC[C@@H]3[C@@H]2CC[C@](C)(C(=O)O)[C@H]3CC=O)C1. The molecule has 0 aromatic heterocycles. The molecule has 0 unspecified atom stereocenters. The monoisotopic (exact) mass is 364 g/mol. The topological polar surface area (TPSA) is 80.7 Å². The van der Waals surface area contributed by atoms with E-state index in [1.165, 1.54) is 6.92 Å². The van der Waals surface area contributed by atoms with Gasteiger partial charge in [-0.05, 0) is 81.0 Å². The molecule has 1 N–H and O–H groups in total. The van der Waals surface area contributed by atoms with Crippen LogP contribution in [-0.2, 0) is 19.1 Å². The highest BCUT2D eigenvalue weighted by Crippen LogP contribution is 2.63. The Hall–Kier alpha value is -1.39. The highest BCUT2D eigenvalue weighted by atomic mass is 16.5. The Balaban J connectivity index is 1.83. The van der Waals surface area contributed by atoms with E-state index in [0.717, 1.165) is 44.8 Å². The van der Waals surface area contributed by atoms with Crippen LogP contribution in [0.25, 0.3) is 0 Å². The van der Waals surface area contributed by atoms with Crippen molar-refractivity contribution in [2.45, 2.75) is 78.2 Å². The molecule has 26 heavy (non-hydrogen) atoms. The molecule has 3 rings (SSSR count). The minimum atomic E-state index is -0.791. The second kappa shape index (κ2) is 6.97. The fraction of sp³-hybridized carbons (Fsp3) is 0.857. The van der Waals surface area contributed by atoms with Crippen LogP contribution in [-0.4, -0.2) is 29.4 Å². The fourth-order valence-corrected chi connectivity index (χ4v) is 6.68. The van der Waals surface area contributed by atoms with Crippen molar-refractivity contribution in [2.24, 2.45) is 34.5 Å². The van der Waals surface area contributed by atoms with Crippen molar-refractivity contribution in [3.8, 4) is 0 Å². The summed E-state index contributed by atoms with van der Waals surface area (Å²) < 4.78 is 5.48. The van der Waals surface area contributed by atoms with Gasteiger partial charge >= 0.3 is 11.9 Å². The number of hydrogen-bond acceptors (Lipinski definition) is 4. The summed E-state index contributed by atoms with van der Waals surface area (Å²) in [6.45, 7) is 5.67. The van der Waals surface area contributed by atoms with Crippen molar-refractivity contribution in [3.05, 3.63) is 0 Å². The summed E-state index contributed by atoms with van der Waals surface area (Å²) in [5.41, 5.74) is -0.624. The maximum Gasteiger partial charge on any atom is 0.309 e. The third kappa shape index (κ3) is 3.07. The molecule has 0 radical (unpaired) electrons. The van der Waals surface area contributed by atoms with E-state index < -0.39 is 11.4 Å². The zero-order valence-corrected chi connectivity index (χ0v) is 16.2. The number of carboxylic acids is 1. The molecule has 0 bridgehead atoms. The molecule has 5 heteroatoms. The average molecular weight is 364 g/mol. The van der Waals surface area contributed by atoms with Gasteiger partial charge in [-0.1, -0.05) is 6.92 Å². The van der Waals surface area contributed by atoms with Crippen LogP contribution >= 0.6 is 0 Å². The molecule has 0 heterocycles. The van der Waals surface area contributed by atoms with Gasteiger partial charge in [-0.3, -0.25) is 9.59 Å². The lowest BCUT2D eigenvalue weighted by Crippen LogP contribution is -2.56. The van der Waals surface area contributed by atoms with E-state index in [0.29, 0.717) is 30.6 Å². The first kappa shape index (κ1) is 19.4. The standard InChI is InChI=1S/C21H32O5/c1-13(23)26-15-6-9-20(2)14(12-15)4-5-16-17(20)7-10-21(3,19(24)25)18(16)8-11-22/h11,14-18H,4-10,12H2,1-3H3,(H,24,25)/t14-,15-,16-,17+,18+,20+,21+/m1/s1. The summed E-state index contributed by atoms with van der Waals surface area (Å²) in [6, 6.07) is 0. The molecular formula is C21H32O5. The van der Waals surface area contributed by atoms with Gasteiger partial charge in [-0.25, -0.2) is 0 Å². The molecule has 3 aliphatic rings. The van der Waals surface area contributed by atoms with E-state index in [4.69, 9.17) is 4.74 Å². The minimum Gasteiger partial charge on any atom is -0.481 e. The van der Waals surface area contributed by atoms with Gasteiger partial charge in [-0.15, -0.1) is 0 Å². The van der Waals surface area contributed by atoms with Crippen molar-refractivity contribution in [1.82, 2.24) is 0 Å². The predicted molar refractivity (Wildman–Crippen MR) is 96.4 cm³/mol. The van der Waals surface area contributed by atoms with Crippen LogP contribution in [0, 0.1) is 34.5 Å². The van der Waals surface area contributed by atoms with Crippen molar-refractivity contribution in [2.75, 3.05) is 0 Å². The van der Waals surface area contributed by atoms with Crippen LogP contribution in [0.1, 0.15) is 72.1 Å². The van der Waals surface area contributed by atoms with E-state index in [1.54, 1.807) is 0 Å². The molecule has 0 aromatic carbocycles. The Bertz CT molecular complexity index is 587. The van der Waals surface area contributed by atoms with Crippen LogP contribution in [0.2, 0.25) is 0 Å². The Labute approximate surface area is 155 Å². The molecule has 146 valence electrons. The van der Waals surface area contributed by atoms with Gasteiger partial charge in [0.25, 0.3) is 0 Å². The average Bonchev–Trinajstić information content (AvgIpc) is 2.57. The number of hydrogen-bond donors (Lipinski definition) is 1. The quantitative estimate of drug-likeness (QED) is 0.605. The van der Waals surface area contributed by atoms with Gasteiger partial charge in [0.2, 0.25) is 0 Å². The summed E-state index contributed by atoms with van der Waals surface area (Å²) >= 11 is 0. The molecule has 3 saturated carbocycles. The number of rotatable bonds is 4. The minimum absolute atomic E-state index is 0.0285. The number of ether oxygens (including phenoxy) is 1. The van der Waals surface area contributed by atoms with Crippen LogP contribution in [0.4, 0.5) is 0 Å². The molecule has 0 amide bonds. The molecule has 3 fully saturated rings. The lowest BCUT2D eigenvalue weighted by atomic mass is 9.44. The maximum absolute atomic E-state index is 12.0. The second-order valence-electron chi connectivity index (χ2n) is 9.33. The van der Waals surface area contributed by atoms with Gasteiger partial charge in [0.1, 0.15) is 12.4 Å². The molecule has 5 nitrogen and oxygen atoms in total. The lowest BCUT2D eigenvalue weighted by Gasteiger charge is -2.60. The Morgan fingerprint density at radius 2 is 1.88 bits per heavy atom. The summed E-state index contributed by atoms with van der Waals surface area (Å²) in [5.74, 6) is 0.272. The zero-order valence-electron chi connectivity index (χ0n) is 16.2. The van der Waals surface area contributed by atoms with Gasteiger partial charge in [-0.2, -0.15) is 0 Å². The van der Waals surface area contributed by atoms with Crippen LogP contribution in [0.5, 0.6) is 0 Å². The number of carboxylic acid groups (broad SMARTS) is 1. The highest BCUT2D eigenvalue weighted by Gasteiger charge is 2.58. The molecule has 3 aliphatic carbocycles. The summed E-state index contributed by atoms with van der Waals surface area (Å²) in [7, 11) is 0. The highest BCUT2D eigenvalue weighted by molar-refractivity contribution is 5.75. The second-order valence-corrected chi connectivity index (χ2v) is 9.33. The Morgan fingerprint density at radius 3 is 2.50 bits per heavy atom. The van der Waals surface area contributed by atoms with Crippen LogP contribution in [0.3, 0.4) is 0 Å². The first-order chi connectivity index (χ1) is 12.2. The van der Waals surface area contributed by atoms with Crippen molar-refractivity contribution >= 4 is 18.2 Å². The Morgan fingerprint density at radius 1 is 1.15 bits per heavy atom. The normalized spacial score (nSPS) is 45.1. The number of aliphatic carboxylic acids is 1. The molecule has 0 saturated heterocycles. The van der Waals surface area contributed by atoms with Gasteiger partial charge < -0.3 is 14.6 Å². The number of carbonyl (C=O) groups is 3. The first-order valence-electron chi connectivity index (χ1n) is 10.1. The van der Waals surface area contributed by atoms with Crippen LogP contribution in [0.15, 0.2) is 0 Å². The van der Waals surface area contributed by atoms with E-state index in [-0.39, 0.29) is 23.4 Å². The lowest BCUT2D eigenvalue weighted by molar-refractivity contribution is -0.172. The summed E-state index contributed by atoms with van der Waals surface area (Å²) in [5, 5.41) is 9.84. The van der Waals surface area contributed by atoms with E-state index >= 15 is 0 Å². The van der Waals surface area contributed by atoms with E-state index in [9.17, 15) is 19.5 Å². The molecule has 0 aromatic rings. The first-order valence-corrected chi connectivity index (χ1v) is 10.1. The fourth-order valence-electron chi connectivity index (χ4n) is 6.68. The number of carbonyl (C=O) groups excluding carboxylic acids is 2. The number of aldehydes is 1. The third-order valence-corrected chi connectivity index (χ3v) is 8.18. The maximum atomic E-state index is 12.0. The number of fused-ring (bicyclic) bond motifs is 3. The van der Waals surface area contributed by atoms with E-state index in [1.807, 2.05) is 6.92 Å². The van der Waals surface area contributed by atoms with Gasteiger partial charge in [0.05, 0.1) is 5.41 Å². The van der Waals surface area contributed by atoms with Crippen molar-refractivity contribution in [1.29, 1.82) is 0 Å². The summed E-state index contributed by atoms with van der Waals surface area (Å²) in [6.07, 6.45) is 7.74. The summed E-state index contributed by atoms with van der Waals surface area (Å²) in [4.78, 5) is 34.6. The van der Waals surface area contributed by atoms with Gasteiger partial charge in [0, 0.05) is 13.3 Å². The Kier molecular flexibility index (Phi) is 5.19. The zero-order chi connectivity index (χ0) is 19.1. The molecule has 7 atom stereocenters. The van der Waals surface area contributed by atoms with E-state index in [2.05, 4.69) is 6.92 Å². The third-order valence-electron chi connectivity index (χ3n) is 8.18. The molecule has 0 aliphatic heterocycles. The van der Waals surface area contributed by atoms with Crippen molar-refractivity contribution in [3.63, 3.8) is 0 Å². The van der Waals surface area contributed by atoms with Crippen LogP contribution < -0.4 is 0 Å². The van der Waals surface area contributed by atoms with Gasteiger partial charge in [0.15, 0.2) is 0 Å². The molecular weight excluding hydrogens is 332 g/mol. The van der Waals surface area contributed by atoms with Crippen molar-refractivity contribution < 1.29 is 24.2 Å². The smallest absolute Gasteiger partial charge is 0.309 e. The molecule has 0 spiro atoms. The predicted octanol–water partition coefficient (Wildman–Crippen LogP) is 3.84. The largest absolute Gasteiger partial charge is 0.481 e. The number of esters is 1.